The minimum atomic E-state index is -1.01. The monoisotopic (exact) mass is 285 g/mol. The van der Waals surface area contributed by atoms with Gasteiger partial charge in [-0.05, 0) is 17.0 Å². The molecule has 5 heteroatoms. The fourth-order valence-electron chi connectivity index (χ4n) is 2.97. The average Bonchev–Trinajstić information content (AvgIpc) is 2.88. The van der Waals surface area contributed by atoms with Crippen molar-refractivity contribution in [2.45, 2.75) is 18.4 Å². The lowest BCUT2D eigenvalue weighted by molar-refractivity contribution is -0.140. The Kier molecular flexibility index (Phi) is 3.25. The van der Waals surface area contributed by atoms with Gasteiger partial charge in [-0.1, -0.05) is 30.3 Å². The lowest BCUT2D eigenvalue weighted by atomic mass is 9.88. The second-order valence-electron chi connectivity index (χ2n) is 5.10. The van der Waals surface area contributed by atoms with Crippen LogP contribution < -0.4 is 10.1 Å². The Morgan fingerprint density at radius 3 is 2.62 bits per heavy atom. The highest BCUT2D eigenvalue weighted by molar-refractivity contribution is 5.95. The summed E-state index contributed by atoms with van der Waals surface area (Å²) in [6, 6.07) is 10.4. The van der Waals surface area contributed by atoms with E-state index in [1.807, 2.05) is 36.4 Å². The van der Waals surface area contributed by atoms with Crippen LogP contribution in [-0.2, 0) is 9.59 Å². The zero-order chi connectivity index (χ0) is 15.0. The van der Waals surface area contributed by atoms with Crippen LogP contribution in [0.25, 0.3) is 10.8 Å². The Hall–Kier alpha value is -2.56. The van der Waals surface area contributed by atoms with Gasteiger partial charge in [-0.15, -0.1) is 0 Å². The molecule has 2 aromatic carbocycles. The molecule has 3 rings (SSSR count). The van der Waals surface area contributed by atoms with Gasteiger partial charge in [-0.25, -0.2) is 4.79 Å². The number of benzene rings is 2. The lowest BCUT2D eigenvalue weighted by Crippen LogP contribution is -2.36. The SMILES string of the molecule is COc1ccc(C2CC(=O)NC2C(=O)O)c2ccccc12. The second-order valence-corrected chi connectivity index (χ2v) is 5.10. The normalized spacial score (nSPS) is 21.3. The summed E-state index contributed by atoms with van der Waals surface area (Å²) >= 11 is 0. The maximum absolute atomic E-state index is 11.6. The van der Waals surface area contributed by atoms with Crippen molar-refractivity contribution in [3.05, 3.63) is 42.0 Å². The van der Waals surface area contributed by atoms with Crippen molar-refractivity contribution in [3.63, 3.8) is 0 Å². The number of aliphatic carboxylic acids is 1. The molecule has 2 N–H and O–H groups in total. The summed E-state index contributed by atoms with van der Waals surface area (Å²) in [5.41, 5.74) is 0.858. The number of carboxylic acid groups (broad SMARTS) is 1. The number of carbonyl (C=O) groups excluding carboxylic acids is 1. The van der Waals surface area contributed by atoms with E-state index in [1.165, 1.54) is 0 Å². The third kappa shape index (κ3) is 2.20. The Morgan fingerprint density at radius 1 is 1.24 bits per heavy atom. The van der Waals surface area contributed by atoms with Gasteiger partial charge in [0.1, 0.15) is 11.8 Å². The second kappa shape index (κ2) is 5.09. The van der Waals surface area contributed by atoms with Crippen LogP contribution in [0, 0.1) is 0 Å². The van der Waals surface area contributed by atoms with E-state index < -0.39 is 12.0 Å². The Morgan fingerprint density at radius 2 is 1.95 bits per heavy atom. The molecule has 1 fully saturated rings. The van der Waals surface area contributed by atoms with Gasteiger partial charge in [-0.3, -0.25) is 4.79 Å². The number of hydrogen-bond acceptors (Lipinski definition) is 3. The smallest absolute Gasteiger partial charge is 0.326 e. The topological polar surface area (TPSA) is 75.6 Å². The first-order valence-corrected chi connectivity index (χ1v) is 6.69. The summed E-state index contributed by atoms with van der Waals surface area (Å²) in [5, 5.41) is 13.7. The zero-order valence-corrected chi connectivity index (χ0v) is 11.5. The van der Waals surface area contributed by atoms with Gasteiger partial charge in [0.05, 0.1) is 7.11 Å². The number of methoxy groups -OCH3 is 1. The van der Waals surface area contributed by atoms with E-state index in [0.717, 1.165) is 22.1 Å². The molecule has 0 bridgehead atoms. The summed E-state index contributed by atoms with van der Waals surface area (Å²) in [4.78, 5) is 23.0. The van der Waals surface area contributed by atoms with E-state index in [4.69, 9.17) is 4.74 Å². The van der Waals surface area contributed by atoms with Crippen molar-refractivity contribution < 1.29 is 19.4 Å². The third-order valence-corrected chi connectivity index (χ3v) is 3.93. The number of carboxylic acids is 1. The number of ether oxygens (including phenoxy) is 1. The lowest BCUT2D eigenvalue weighted by Gasteiger charge is -2.18. The van der Waals surface area contributed by atoms with Gasteiger partial charge in [0.15, 0.2) is 0 Å². The molecular weight excluding hydrogens is 270 g/mol. The van der Waals surface area contributed by atoms with Crippen LogP contribution in [0.5, 0.6) is 5.75 Å². The predicted molar refractivity (Wildman–Crippen MR) is 77.4 cm³/mol. The van der Waals surface area contributed by atoms with E-state index in [0.29, 0.717) is 0 Å². The standard InChI is InChI=1S/C16H15NO4/c1-21-13-7-6-10(9-4-2-3-5-11(9)13)12-8-14(18)17-15(12)16(19)20/h2-7,12,15H,8H2,1H3,(H,17,18)(H,19,20). The highest BCUT2D eigenvalue weighted by Crippen LogP contribution is 2.37. The van der Waals surface area contributed by atoms with Crippen molar-refractivity contribution in [1.82, 2.24) is 5.32 Å². The quantitative estimate of drug-likeness (QED) is 0.903. The minimum Gasteiger partial charge on any atom is -0.496 e. The molecule has 2 atom stereocenters. The van der Waals surface area contributed by atoms with Gasteiger partial charge in [0.2, 0.25) is 5.91 Å². The van der Waals surface area contributed by atoms with E-state index in [-0.39, 0.29) is 18.2 Å². The van der Waals surface area contributed by atoms with Crippen LogP contribution >= 0.6 is 0 Å². The highest BCUT2D eigenvalue weighted by Gasteiger charge is 2.39. The van der Waals surface area contributed by atoms with Crippen LogP contribution in [0.15, 0.2) is 36.4 Å². The molecule has 1 aliphatic rings. The Bertz CT molecular complexity index is 725. The number of fused-ring (bicyclic) bond motifs is 1. The molecule has 0 aliphatic carbocycles. The van der Waals surface area contributed by atoms with Crippen LogP contribution in [0.1, 0.15) is 17.9 Å². The van der Waals surface area contributed by atoms with Gasteiger partial charge in [0.25, 0.3) is 0 Å². The fourth-order valence-corrected chi connectivity index (χ4v) is 2.97. The molecule has 0 aromatic heterocycles. The molecule has 2 unspecified atom stereocenters. The molecule has 0 saturated carbocycles. The maximum Gasteiger partial charge on any atom is 0.326 e. The molecule has 21 heavy (non-hydrogen) atoms. The largest absolute Gasteiger partial charge is 0.496 e. The van der Waals surface area contributed by atoms with E-state index >= 15 is 0 Å². The van der Waals surface area contributed by atoms with Gasteiger partial charge in [0, 0.05) is 17.7 Å². The molecule has 1 saturated heterocycles. The van der Waals surface area contributed by atoms with Crippen molar-refractivity contribution in [1.29, 1.82) is 0 Å². The average molecular weight is 285 g/mol. The van der Waals surface area contributed by atoms with Crippen LogP contribution in [0.4, 0.5) is 0 Å². The summed E-state index contributed by atoms with van der Waals surface area (Å²) in [6.07, 6.45) is 0.188. The summed E-state index contributed by atoms with van der Waals surface area (Å²) in [7, 11) is 1.60. The predicted octanol–water partition coefficient (Wildman–Crippen LogP) is 1.91. The number of carbonyl (C=O) groups is 2. The third-order valence-electron chi connectivity index (χ3n) is 3.93. The molecule has 0 radical (unpaired) electrons. The zero-order valence-electron chi connectivity index (χ0n) is 11.5. The first-order valence-electron chi connectivity index (χ1n) is 6.69. The molecular formula is C16H15NO4. The van der Waals surface area contributed by atoms with Crippen molar-refractivity contribution >= 4 is 22.6 Å². The number of amides is 1. The molecule has 5 nitrogen and oxygen atoms in total. The number of hydrogen-bond donors (Lipinski definition) is 2. The van der Waals surface area contributed by atoms with Crippen LogP contribution in [0.2, 0.25) is 0 Å². The minimum absolute atomic E-state index is 0.188. The Balaban J connectivity index is 2.17. The first kappa shape index (κ1) is 13.4. The molecule has 0 spiro atoms. The molecule has 108 valence electrons. The summed E-state index contributed by atoms with van der Waals surface area (Å²) in [6.45, 7) is 0. The highest BCUT2D eigenvalue weighted by atomic mass is 16.5. The first-order chi connectivity index (χ1) is 10.1. The van der Waals surface area contributed by atoms with Crippen molar-refractivity contribution in [2.75, 3.05) is 7.11 Å². The summed E-state index contributed by atoms with van der Waals surface area (Å²) < 4.78 is 5.34. The van der Waals surface area contributed by atoms with Crippen molar-refractivity contribution in [3.8, 4) is 5.75 Å². The molecule has 1 heterocycles. The summed E-state index contributed by atoms with van der Waals surface area (Å²) in [5.74, 6) is -0.873. The number of rotatable bonds is 3. The number of nitrogens with one attached hydrogen (secondary N) is 1. The molecule has 1 amide bonds. The maximum atomic E-state index is 11.6. The fraction of sp³-hybridized carbons (Fsp3) is 0.250. The van der Waals surface area contributed by atoms with Crippen LogP contribution in [0.3, 0.4) is 0 Å². The Labute approximate surface area is 121 Å². The van der Waals surface area contributed by atoms with Gasteiger partial charge in [-0.2, -0.15) is 0 Å². The molecule has 1 aliphatic heterocycles. The van der Waals surface area contributed by atoms with Crippen molar-refractivity contribution in [2.24, 2.45) is 0 Å². The van der Waals surface area contributed by atoms with E-state index in [1.54, 1.807) is 7.11 Å². The van der Waals surface area contributed by atoms with Gasteiger partial charge < -0.3 is 15.2 Å². The van der Waals surface area contributed by atoms with Crippen LogP contribution in [-0.4, -0.2) is 30.1 Å². The van der Waals surface area contributed by atoms with E-state index in [2.05, 4.69) is 5.32 Å². The van der Waals surface area contributed by atoms with Gasteiger partial charge >= 0.3 is 5.97 Å². The molecule has 2 aromatic rings. The van der Waals surface area contributed by atoms with E-state index in [9.17, 15) is 14.7 Å².